The highest BCUT2D eigenvalue weighted by Gasteiger charge is 2.39. The number of para-hydroxylation sites is 3. The van der Waals surface area contributed by atoms with Crippen LogP contribution in [-0.2, 0) is 0 Å². The van der Waals surface area contributed by atoms with Crippen LogP contribution in [0.25, 0.3) is 64.4 Å². The summed E-state index contributed by atoms with van der Waals surface area (Å²) in [6.45, 7) is 0. The third kappa shape index (κ3) is 5.26. The quantitative estimate of drug-likeness (QED) is 0.168. The summed E-state index contributed by atoms with van der Waals surface area (Å²) in [6, 6.07) is 70.3. The van der Waals surface area contributed by atoms with Gasteiger partial charge >= 0.3 is 0 Å². The standard InChI is InChI=1S/C54H36N2OS/c1-2-13-35(14-3-1)37-15-12-16-39(31-37)55(40-29-30-53-47(32-40)45-20-7-11-24-52(45)58-53)38-27-25-36(26-28-38)46-33-41(34-48-44-19-6-10-23-51(44)57-54(46)48)56-49-21-8-4-17-42(49)43-18-5-9-22-50(43)56/h1-34,48,54H. The molecule has 2 aliphatic rings. The van der Waals surface area contributed by atoms with Crippen molar-refractivity contribution in [3.8, 4) is 16.9 Å². The average molecular weight is 761 g/mol. The van der Waals surface area contributed by atoms with Crippen molar-refractivity contribution in [2.45, 2.75) is 12.0 Å². The van der Waals surface area contributed by atoms with E-state index in [9.17, 15) is 0 Å². The Morgan fingerprint density at radius 1 is 0.466 bits per heavy atom. The van der Waals surface area contributed by atoms with E-state index in [2.05, 4.69) is 216 Å². The van der Waals surface area contributed by atoms with Crippen LogP contribution in [0.1, 0.15) is 17.0 Å². The van der Waals surface area contributed by atoms with Crippen molar-refractivity contribution in [1.82, 2.24) is 4.57 Å². The molecule has 0 spiro atoms. The Labute approximate surface area is 340 Å². The second kappa shape index (κ2) is 13.2. The van der Waals surface area contributed by atoms with Gasteiger partial charge in [-0.05, 0) is 95.6 Å². The molecule has 58 heavy (non-hydrogen) atoms. The van der Waals surface area contributed by atoms with Gasteiger partial charge in [-0.15, -0.1) is 11.3 Å². The molecule has 0 saturated carbocycles. The number of aromatic nitrogens is 1. The predicted molar refractivity (Wildman–Crippen MR) is 245 cm³/mol. The van der Waals surface area contributed by atoms with Gasteiger partial charge in [-0.1, -0.05) is 127 Å². The molecular weight excluding hydrogens is 725 g/mol. The first kappa shape index (κ1) is 33.0. The molecule has 3 heterocycles. The van der Waals surface area contributed by atoms with E-state index in [0.29, 0.717) is 0 Å². The molecule has 274 valence electrons. The van der Waals surface area contributed by atoms with Gasteiger partial charge in [0.05, 0.1) is 11.0 Å². The van der Waals surface area contributed by atoms with Crippen molar-refractivity contribution in [3.05, 3.63) is 217 Å². The zero-order chi connectivity index (χ0) is 38.2. The highest BCUT2D eigenvalue weighted by Crippen LogP contribution is 2.49. The van der Waals surface area contributed by atoms with Gasteiger partial charge in [-0.3, -0.25) is 0 Å². The van der Waals surface area contributed by atoms with Crippen molar-refractivity contribution in [3.63, 3.8) is 0 Å². The van der Waals surface area contributed by atoms with Gasteiger partial charge < -0.3 is 14.2 Å². The third-order valence-corrected chi connectivity index (χ3v) is 13.1. The average Bonchev–Trinajstić information content (AvgIpc) is 3.96. The third-order valence-electron chi connectivity index (χ3n) is 11.9. The molecule has 0 N–H and O–H groups in total. The zero-order valence-electron chi connectivity index (χ0n) is 31.5. The highest BCUT2D eigenvalue weighted by atomic mass is 32.1. The lowest BCUT2D eigenvalue weighted by atomic mass is 9.83. The van der Waals surface area contributed by atoms with Crippen LogP contribution in [0, 0.1) is 0 Å². The maximum atomic E-state index is 6.83. The fraction of sp³-hybridized carbons (Fsp3) is 0.0370. The van der Waals surface area contributed by atoms with Gasteiger partial charge in [0.1, 0.15) is 11.9 Å². The Bertz CT molecular complexity index is 3230. The number of nitrogens with zero attached hydrogens (tertiary/aromatic N) is 2. The number of anilines is 3. The van der Waals surface area contributed by atoms with Crippen LogP contribution in [-0.4, -0.2) is 10.7 Å². The largest absolute Gasteiger partial charge is 0.484 e. The molecule has 1 aliphatic carbocycles. The van der Waals surface area contributed by atoms with E-state index in [1.165, 1.54) is 64.2 Å². The summed E-state index contributed by atoms with van der Waals surface area (Å²) >= 11 is 1.85. The minimum absolute atomic E-state index is 0.0789. The van der Waals surface area contributed by atoms with Crippen molar-refractivity contribution in [1.29, 1.82) is 0 Å². The zero-order valence-corrected chi connectivity index (χ0v) is 32.3. The second-order valence-corrected chi connectivity index (χ2v) is 16.3. The highest BCUT2D eigenvalue weighted by molar-refractivity contribution is 7.25. The first-order valence-corrected chi connectivity index (χ1v) is 20.7. The molecule has 1 aliphatic heterocycles. The number of hydrogen-bond donors (Lipinski definition) is 0. The van der Waals surface area contributed by atoms with E-state index in [1.54, 1.807) is 0 Å². The van der Waals surface area contributed by atoms with Crippen LogP contribution >= 0.6 is 11.3 Å². The van der Waals surface area contributed by atoms with E-state index < -0.39 is 0 Å². The monoisotopic (exact) mass is 760 g/mol. The summed E-state index contributed by atoms with van der Waals surface area (Å²) < 4.78 is 11.9. The smallest absolute Gasteiger partial charge is 0.135 e. The molecule has 10 aromatic rings. The molecule has 2 unspecified atom stereocenters. The van der Waals surface area contributed by atoms with E-state index in [0.717, 1.165) is 34.1 Å². The number of thiophene rings is 1. The number of rotatable bonds is 6. The molecule has 0 fully saturated rings. The van der Waals surface area contributed by atoms with Crippen LogP contribution in [0.2, 0.25) is 0 Å². The fourth-order valence-corrected chi connectivity index (χ4v) is 10.4. The molecular formula is C54H36N2OS. The Kier molecular flexibility index (Phi) is 7.54. The van der Waals surface area contributed by atoms with Gasteiger partial charge in [0.25, 0.3) is 0 Å². The molecule has 0 bridgehead atoms. The number of hydrogen-bond acceptors (Lipinski definition) is 3. The number of allylic oxidation sites excluding steroid dienone is 2. The number of fused-ring (bicyclic) bond motifs is 9. The van der Waals surface area contributed by atoms with E-state index in [4.69, 9.17) is 4.74 Å². The Balaban J connectivity index is 1.01. The molecule has 2 atom stereocenters. The van der Waals surface area contributed by atoms with Gasteiger partial charge in [-0.25, -0.2) is 0 Å². The first-order valence-electron chi connectivity index (χ1n) is 19.9. The van der Waals surface area contributed by atoms with Crippen LogP contribution in [0.3, 0.4) is 0 Å². The first-order chi connectivity index (χ1) is 28.7. The predicted octanol–water partition coefficient (Wildman–Crippen LogP) is 14.8. The van der Waals surface area contributed by atoms with E-state index in [1.807, 2.05) is 11.3 Å². The van der Waals surface area contributed by atoms with Crippen LogP contribution in [0.4, 0.5) is 17.1 Å². The van der Waals surface area contributed by atoms with Crippen LogP contribution < -0.4 is 9.64 Å². The van der Waals surface area contributed by atoms with Gasteiger partial charge in [0.2, 0.25) is 0 Å². The summed E-state index contributed by atoms with van der Waals surface area (Å²) in [6.07, 6.45) is 4.64. The molecule has 0 amide bonds. The van der Waals surface area contributed by atoms with Crippen molar-refractivity contribution in [2.75, 3.05) is 4.90 Å². The maximum Gasteiger partial charge on any atom is 0.135 e. The summed E-state index contributed by atoms with van der Waals surface area (Å²) in [4.78, 5) is 2.39. The van der Waals surface area contributed by atoms with Crippen molar-refractivity contribution in [2.24, 2.45) is 0 Å². The molecule has 4 heteroatoms. The molecule has 8 aromatic carbocycles. The topological polar surface area (TPSA) is 17.4 Å². The Morgan fingerprint density at radius 3 is 1.91 bits per heavy atom. The fourth-order valence-electron chi connectivity index (χ4n) is 9.29. The summed E-state index contributed by atoms with van der Waals surface area (Å²) in [5.41, 5.74) is 12.8. The molecule has 0 radical (unpaired) electrons. The summed E-state index contributed by atoms with van der Waals surface area (Å²) in [5.74, 6) is 1.04. The Morgan fingerprint density at radius 2 is 1.10 bits per heavy atom. The van der Waals surface area contributed by atoms with Crippen molar-refractivity contribution >= 4 is 81.6 Å². The maximum absolute atomic E-state index is 6.83. The van der Waals surface area contributed by atoms with Crippen LogP contribution in [0.5, 0.6) is 5.75 Å². The molecule has 0 saturated heterocycles. The normalized spacial score (nSPS) is 15.9. The van der Waals surface area contributed by atoms with E-state index in [-0.39, 0.29) is 12.0 Å². The van der Waals surface area contributed by atoms with Gasteiger partial charge in [0.15, 0.2) is 0 Å². The van der Waals surface area contributed by atoms with E-state index >= 15 is 0 Å². The Hall–Kier alpha value is -7.14. The minimum Gasteiger partial charge on any atom is -0.484 e. The molecule has 3 nitrogen and oxygen atoms in total. The lowest BCUT2D eigenvalue weighted by Crippen LogP contribution is -2.23. The number of ether oxygens (including phenoxy) is 1. The second-order valence-electron chi connectivity index (χ2n) is 15.2. The summed E-state index contributed by atoms with van der Waals surface area (Å²) in [5, 5.41) is 5.09. The van der Waals surface area contributed by atoms with Gasteiger partial charge in [0, 0.05) is 70.8 Å². The molecule has 12 rings (SSSR count). The van der Waals surface area contributed by atoms with Crippen molar-refractivity contribution < 1.29 is 4.74 Å². The molecule has 2 aromatic heterocycles. The SMILES string of the molecule is C1=C(c2ccc(N(c3cccc(-c4ccccc4)c3)c3ccc4sc5ccccc5c4c3)cc2)C2Oc3ccccc3C2C=C1n1c2ccccc2c2ccccc21. The lowest BCUT2D eigenvalue weighted by Gasteiger charge is -2.28. The summed E-state index contributed by atoms with van der Waals surface area (Å²) in [7, 11) is 0. The minimum atomic E-state index is -0.131. The van der Waals surface area contributed by atoms with Crippen LogP contribution in [0.15, 0.2) is 206 Å². The van der Waals surface area contributed by atoms with Gasteiger partial charge in [-0.2, -0.15) is 0 Å². The number of benzene rings is 8. The lowest BCUT2D eigenvalue weighted by molar-refractivity contribution is 0.278.